The number of hydrogen-bond acceptors (Lipinski definition) is 8. The molecule has 14 nitrogen and oxygen atoms in total. The topological polar surface area (TPSA) is 229 Å². The number of rotatable bonds is 14. The van der Waals surface area contributed by atoms with Crippen LogP contribution in [-0.4, -0.2) is 89.6 Å². The molecule has 0 aromatic rings. The fourth-order valence-electron chi connectivity index (χ4n) is 3.27. The standard InChI is InChI=1S/C20H34N6O8/c1-10(2)5-14(19(33)24-9-17(30)31)26-20(34)12(3-4-15(21)28)25-16(29)8-23-18(32)13-6-11(27)7-22-13/h10-14,22,27H,3-9H2,1-2H3,(H2,21,28)(H,23,32)(H,24,33)(H,25,29)(H,26,34)(H,30,31)/t11-,12?,13+,14+/m0/s1. The summed E-state index contributed by atoms with van der Waals surface area (Å²) in [6.07, 6.45) is -0.628. The lowest BCUT2D eigenvalue weighted by Gasteiger charge is -2.24. The summed E-state index contributed by atoms with van der Waals surface area (Å²) >= 11 is 0. The maximum absolute atomic E-state index is 12.8. The zero-order valence-electron chi connectivity index (χ0n) is 19.3. The Labute approximate surface area is 196 Å². The van der Waals surface area contributed by atoms with E-state index in [1.165, 1.54) is 0 Å². The van der Waals surface area contributed by atoms with Crippen molar-refractivity contribution < 1.29 is 39.0 Å². The number of amides is 5. The SMILES string of the molecule is CC(C)C[C@@H](NC(=O)C(CCC(N)=O)NC(=O)CNC(=O)[C@H]1C[C@H](O)CN1)C(=O)NCC(=O)O. The van der Waals surface area contributed by atoms with E-state index in [0.717, 1.165) is 0 Å². The zero-order valence-corrected chi connectivity index (χ0v) is 19.3. The number of nitrogens with two attached hydrogens (primary N) is 1. The van der Waals surface area contributed by atoms with Crippen LogP contribution >= 0.6 is 0 Å². The van der Waals surface area contributed by atoms with Gasteiger partial charge in [-0.1, -0.05) is 13.8 Å². The van der Waals surface area contributed by atoms with Gasteiger partial charge in [0, 0.05) is 13.0 Å². The Morgan fingerprint density at radius 2 is 1.68 bits per heavy atom. The fraction of sp³-hybridized carbons (Fsp3) is 0.700. The highest BCUT2D eigenvalue weighted by molar-refractivity contribution is 5.94. The van der Waals surface area contributed by atoms with Crippen LogP contribution in [0.3, 0.4) is 0 Å². The largest absolute Gasteiger partial charge is 0.480 e. The molecule has 192 valence electrons. The van der Waals surface area contributed by atoms with Gasteiger partial charge in [0.2, 0.25) is 29.5 Å². The number of carboxylic acids is 1. The quantitative estimate of drug-likeness (QED) is 0.121. The van der Waals surface area contributed by atoms with Gasteiger partial charge in [0.05, 0.1) is 18.7 Å². The smallest absolute Gasteiger partial charge is 0.322 e. The number of aliphatic carboxylic acids is 1. The number of nitrogens with one attached hydrogen (secondary N) is 5. The fourth-order valence-corrected chi connectivity index (χ4v) is 3.27. The first-order chi connectivity index (χ1) is 15.9. The van der Waals surface area contributed by atoms with Crippen LogP contribution in [0.4, 0.5) is 0 Å². The van der Waals surface area contributed by atoms with E-state index >= 15 is 0 Å². The molecule has 0 spiro atoms. The minimum atomic E-state index is -1.25. The molecule has 0 aromatic carbocycles. The number of carboxylic acid groups (broad SMARTS) is 1. The number of carbonyl (C=O) groups excluding carboxylic acids is 5. The van der Waals surface area contributed by atoms with Crippen molar-refractivity contribution in [3.05, 3.63) is 0 Å². The summed E-state index contributed by atoms with van der Waals surface area (Å²) in [6.45, 7) is 2.78. The van der Waals surface area contributed by atoms with Crippen molar-refractivity contribution in [2.45, 2.75) is 63.8 Å². The molecule has 1 saturated heterocycles. The third-order valence-corrected chi connectivity index (χ3v) is 4.93. The van der Waals surface area contributed by atoms with Gasteiger partial charge in [-0.25, -0.2) is 0 Å². The number of β-amino-alcohol motifs (C(OH)–C–C–N with tert-alkyl or cyclic N) is 1. The molecule has 0 radical (unpaired) electrons. The molecule has 34 heavy (non-hydrogen) atoms. The van der Waals surface area contributed by atoms with Gasteiger partial charge in [0.15, 0.2) is 0 Å². The third-order valence-electron chi connectivity index (χ3n) is 4.93. The molecule has 1 aliphatic heterocycles. The van der Waals surface area contributed by atoms with Crippen molar-refractivity contribution in [3.8, 4) is 0 Å². The number of carbonyl (C=O) groups is 6. The van der Waals surface area contributed by atoms with E-state index in [4.69, 9.17) is 10.8 Å². The average Bonchev–Trinajstić information content (AvgIpc) is 3.18. The van der Waals surface area contributed by atoms with Gasteiger partial charge in [-0.05, 0) is 25.2 Å². The van der Waals surface area contributed by atoms with E-state index in [1.54, 1.807) is 13.8 Å². The van der Waals surface area contributed by atoms with Crippen molar-refractivity contribution >= 4 is 35.5 Å². The van der Waals surface area contributed by atoms with Gasteiger partial charge in [-0.15, -0.1) is 0 Å². The Balaban J connectivity index is 2.76. The van der Waals surface area contributed by atoms with E-state index in [-0.39, 0.29) is 38.1 Å². The van der Waals surface area contributed by atoms with Crippen molar-refractivity contribution in [1.82, 2.24) is 26.6 Å². The van der Waals surface area contributed by atoms with Gasteiger partial charge >= 0.3 is 5.97 Å². The lowest BCUT2D eigenvalue weighted by atomic mass is 10.0. The first-order valence-electron chi connectivity index (χ1n) is 11.0. The predicted octanol–water partition coefficient (Wildman–Crippen LogP) is -3.69. The Morgan fingerprint density at radius 1 is 1.00 bits per heavy atom. The third kappa shape index (κ3) is 11.0. The first kappa shape index (κ1) is 28.8. The molecule has 5 amide bonds. The second kappa shape index (κ2) is 14.1. The van der Waals surface area contributed by atoms with E-state index in [9.17, 15) is 33.9 Å². The predicted molar refractivity (Wildman–Crippen MR) is 118 cm³/mol. The van der Waals surface area contributed by atoms with Crippen molar-refractivity contribution in [3.63, 3.8) is 0 Å². The zero-order chi connectivity index (χ0) is 25.8. The first-order valence-corrected chi connectivity index (χ1v) is 11.0. The monoisotopic (exact) mass is 486 g/mol. The molecule has 1 rings (SSSR count). The molecule has 0 aliphatic carbocycles. The highest BCUT2D eigenvalue weighted by atomic mass is 16.4. The summed E-state index contributed by atoms with van der Waals surface area (Å²) in [4.78, 5) is 71.5. The summed E-state index contributed by atoms with van der Waals surface area (Å²) in [7, 11) is 0. The van der Waals surface area contributed by atoms with Crippen molar-refractivity contribution in [2.75, 3.05) is 19.6 Å². The van der Waals surface area contributed by atoms with Crippen LogP contribution in [0.5, 0.6) is 0 Å². The lowest BCUT2D eigenvalue weighted by molar-refractivity contribution is -0.138. The minimum Gasteiger partial charge on any atom is -0.480 e. The number of primary amides is 1. The molecule has 9 N–H and O–H groups in total. The van der Waals surface area contributed by atoms with E-state index in [0.29, 0.717) is 0 Å². The van der Waals surface area contributed by atoms with Crippen LogP contribution in [0, 0.1) is 5.92 Å². The normalized spacial score (nSPS) is 19.1. The number of aliphatic hydroxyl groups excluding tert-OH is 1. The number of aliphatic hydroxyl groups is 1. The van der Waals surface area contributed by atoms with Crippen LogP contribution in [0.15, 0.2) is 0 Å². The molecule has 14 heteroatoms. The van der Waals surface area contributed by atoms with Crippen LogP contribution < -0.4 is 32.3 Å². The van der Waals surface area contributed by atoms with Crippen LogP contribution in [0.1, 0.15) is 39.5 Å². The van der Waals surface area contributed by atoms with Crippen LogP contribution in [0.2, 0.25) is 0 Å². The highest BCUT2D eigenvalue weighted by Gasteiger charge is 2.30. The van der Waals surface area contributed by atoms with Crippen LogP contribution in [-0.2, 0) is 28.8 Å². The Kier molecular flexibility index (Phi) is 11.9. The summed E-state index contributed by atoms with van der Waals surface area (Å²) in [5.41, 5.74) is 5.15. The van der Waals surface area contributed by atoms with Gasteiger partial charge < -0.3 is 42.5 Å². The minimum absolute atomic E-state index is 0.0301. The highest BCUT2D eigenvalue weighted by Crippen LogP contribution is 2.07. The van der Waals surface area contributed by atoms with E-state index < -0.39 is 72.8 Å². The van der Waals surface area contributed by atoms with Gasteiger partial charge in [-0.2, -0.15) is 0 Å². The van der Waals surface area contributed by atoms with E-state index in [1.807, 2.05) is 0 Å². The molecule has 1 fully saturated rings. The van der Waals surface area contributed by atoms with Gasteiger partial charge in [-0.3, -0.25) is 28.8 Å². The van der Waals surface area contributed by atoms with E-state index in [2.05, 4.69) is 26.6 Å². The van der Waals surface area contributed by atoms with Crippen molar-refractivity contribution in [2.24, 2.45) is 11.7 Å². The Hall–Kier alpha value is -3.26. The molecule has 1 heterocycles. The number of hydrogen-bond donors (Lipinski definition) is 8. The molecule has 0 bridgehead atoms. The molecule has 0 aromatic heterocycles. The molecule has 1 aliphatic rings. The van der Waals surface area contributed by atoms with Crippen molar-refractivity contribution in [1.29, 1.82) is 0 Å². The molecular formula is C20H34N6O8. The van der Waals surface area contributed by atoms with Crippen LogP contribution in [0.25, 0.3) is 0 Å². The second-order valence-corrected chi connectivity index (χ2v) is 8.50. The molecule has 1 unspecified atom stereocenters. The summed E-state index contributed by atoms with van der Waals surface area (Å²) in [6, 6.07) is -2.94. The summed E-state index contributed by atoms with van der Waals surface area (Å²) in [5, 5.41) is 30.5. The average molecular weight is 487 g/mol. The van der Waals surface area contributed by atoms with Gasteiger partial charge in [0.1, 0.15) is 18.6 Å². The molecular weight excluding hydrogens is 452 g/mol. The Morgan fingerprint density at radius 3 is 2.21 bits per heavy atom. The summed E-state index contributed by atoms with van der Waals surface area (Å²) < 4.78 is 0. The maximum atomic E-state index is 12.8. The van der Waals surface area contributed by atoms with Gasteiger partial charge in [0.25, 0.3) is 0 Å². The Bertz CT molecular complexity index is 774. The second-order valence-electron chi connectivity index (χ2n) is 8.50. The molecule has 0 saturated carbocycles. The summed E-state index contributed by atoms with van der Waals surface area (Å²) in [5.74, 6) is -4.66. The lowest BCUT2D eigenvalue weighted by Crippen LogP contribution is -2.55. The molecule has 4 atom stereocenters. The maximum Gasteiger partial charge on any atom is 0.322 e.